The van der Waals surface area contributed by atoms with E-state index in [1.165, 1.54) is 12.1 Å². The maximum Gasteiger partial charge on any atom is 0.242 e. The molecule has 0 radical (unpaired) electrons. The molecule has 3 heterocycles. The molecule has 0 saturated carbocycles. The molecule has 0 bridgehead atoms. The molecule has 2 atom stereocenters. The third-order valence-electron chi connectivity index (χ3n) is 5.62. The minimum Gasteiger partial charge on any atom is -0.354 e. The number of nitrogens with one attached hydrogen (secondary N) is 2. The van der Waals surface area contributed by atoms with Crippen LogP contribution in [0.4, 0.5) is 8.78 Å². The number of hydrogen-bond acceptors (Lipinski definition) is 3. The zero-order chi connectivity index (χ0) is 20.9. The first-order valence-electron chi connectivity index (χ1n) is 9.25. The maximum atomic E-state index is 14.6. The summed E-state index contributed by atoms with van der Waals surface area (Å²) >= 11 is 8.60. The van der Waals surface area contributed by atoms with Crippen LogP contribution in [0.25, 0.3) is 0 Å². The molecule has 0 aliphatic carbocycles. The van der Waals surface area contributed by atoms with Crippen LogP contribution in [0.3, 0.4) is 0 Å². The van der Waals surface area contributed by atoms with Crippen molar-refractivity contribution in [3.8, 4) is 0 Å². The minimum atomic E-state index is -0.609. The molecule has 2 aliphatic heterocycles. The highest BCUT2D eigenvalue weighted by Crippen LogP contribution is 2.37. The molecule has 29 heavy (non-hydrogen) atoms. The van der Waals surface area contributed by atoms with Crippen molar-refractivity contribution in [2.45, 2.75) is 37.8 Å². The van der Waals surface area contributed by atoms with Gasteiger partial charge < -0.3 is 19.8 Å². The van der Waals surface area contributed by atoms with Gasteiger partial charge >= 0.3 is 0 Å². The van der Waals surface area contributed by atoms with Gasteiger partial charge in [0.15, 0.2) is 4.77 Å². The first-order valence-corrected chi connectivity index (χ1v) is 10.5. The first-order chi connectivity index (χ1) is 13.8. The van der Waals surface area contributed by atoms with E-state index < -0.39 is 23.6 Å². The predicted molar refractivity (Wildman–Crippen MR) is 108 cm³/mol. The molecule has 1 aromatic heterocycles. The van der Waals surface area contributed by atoms with Crippen molar-refractivity contribution in [1.82, 2.24) is 19.8 Å². The van der Waals surface area contributed by atoms with Gasteiger partial charge in [-0.05, 0) is 53.1 Å². The second kappa shape index (κ2) is 7.64. The monoisotopic (exact) mass is 484 g/mol. The molecule has 1 fully saturated rings. The highest BCUT2D eigenvalue weighted by atomic mass is 79.9. The zero-order valence-corrected chi connectivity index (χ0v) is 18.0. The lowest BCUT2D eigenvalue weighted by Gasteiger charge is -2.14. The molecule has 1 saturated heterocycles. The number of amides is 2. The molecule has 2 unspecified atom stereocenters. The second-order valence-electron chi connectivity index (χ2n) is 7.38. The van der Waals surface area contributed by atoms with Crippen molar-refractivity contribution >= 4 is 40.0 Å². The van der Waals surface area contributed by atoms with E-state index in [1.807, 2.05) is 4.57 Å². The molecular weight excluding hydrogens is 466 g/mol. The predicted octanol–water partition coefficient (Wildman–Crippen LogP) is 2.48. The van der Waals surface area contributed by atoms with Crippen LogP contribution in [-0.4, -0.2) is 33.5 Å². The Morgan fingerprint density at radius 1 is 1.41 bits per heavy atom. The molecule has 2 N–H and O–H groups in total. The molecule has 154 valence electrons. The summed E-state index contributed by atoms with van der Waals surface area (Å²) in [5.74, 6) is -2.08. The van der Waals surface area contributed by atoms with Crippen LogP contribution >= 0.6 is 28.1 Å². The van der Waals surface area contributed by atoms with E-state index >= 15 is 0 Å². The number of carbonyl (C=O) groups excluding carboxylic acids is 2. The fraction of sp³-hybridized carbons (Fsp3) is 0.421. The summed E-state index contributed by atoms with van der Waals surface area (Å²) in [5, 5.41) is 5.42. The van der Waals surface area contributed by atoms with Crippen LogP contribution in [0, 0.1) is 16.4 Å². The number of halogens is 3. The van der Waals surface area contributed by atoms with Gasteiger partial charge in [0.1, 0.15) is 17.7 Å². The van der Waals surface area contributed by atoms with Crippen molar-refractivity contribution in [1.29, 1.82) is 0 Å². The molecule has 6 nitrogen and oxygen atoms in total. The van der Waals surface area contributed by atoms with E-state index in [4.69, 9.17) is 12.2 Å². The number of carbonyl (C=O) groups is 2. The summed E-state index contributed by atoms with van der Waals surface area (Å²) in [6.07, 6.45) is 0.976. The van der Waals surface area contributed by atoms with Crippen molar-refractivity contribution in [2.24, 2.45) is 7.05 Å². The van der Waals surface area contributed by atoms with Gasteiger partial charge in [-0.15, -0.1) is 0 Å². The van der Waals surface area contributed by atoms with E-state index in [2.05, 4.69) is 26.6 Å². The van der Waals surface area contributed by atoms with Crippen LogP contribution in [0.2, 0.25) is 0 Å². The number of rotatable bonds is 4. The fourth-order valence-corrected chi connectivity index (χ4v) is 4.80. The third kappa shape index (κ3) is 3.52. The number of nitrogens with zero attached hydrogens (tertiary/aromatic N) is 2. The summed E-state index contributed by atoms with van der Waals surface area (Å²) < 4.78 is 33.2. The van der Waals surface area contributed by atoms with Crippen LogP contribution in [0.1, 0.15) is 29.3 Å². The van der Waals surface area contributed by atoms with E-state index in [-0.39, 0.29) is 28.3 Å². The number of fused-ring (bicyclic) bond motifs is 1. The largest absolute Gasteiger partial charge is 0.354 e. The van der Waals surface area contributed by atoms with E-state index in [9.17, 15) is 18.4 Å². The lowest BCUT2D eigenvalue weighted by Crippen LogP contribution is -2.41. The van der Waals surface area contributed by atoms with Crippen molar-refractivity contribution in [2.75, 3.05) is 6.54 Å². The molecular formula is C19H19BrF2N4O2S. The van der Waals surface area contributed by atoms with Gasteiger partial charge in [-0.1, -0.05) is 0 Å². The van der Waals surface area contributed by atoms with E-state index in [0.717, 1.165) is 5.69 Å². The smallest absolute Gasteiger partial charge is 0.242 e. The number of aromatic nitrogens is 2. The Labute approximate surface area is 179 Å². The van der Waals surface area contributed by atoms with Crippen LogP contribution in [0.15, 0.2) is 16.6 Å². The first kappa shape index (κ1) is 20.2. The molecule has 10 heteroatoms. The van der Waals surface area contributed by atoms with E-state index in [0.29, 0.717) is 36.4 Å². The van der Waals surface area contributed by atoms with E-state index in [1.54, 1.807) is 11.6 Å². The van der Waals surface area contributed by atoms with Gasteiger partial charge in [-0.3, -0.25) is 9.59 Å². The zero-order valence-electron chi connectivity index (χ0n) is 15.6. The van der Waals surface area contributed by atoms with Crippen LogP contribution < -0.4 is 10.6 Å². The van der Waals surface area contributed by atoms with Gasteiger partial charge in [-0.25, -0.2) is 8.78 Å². The van der Waals surface area contributed by atoms with Gasteiger partial charge in [0.05, 0.1) is 10.9 Å². The molecule has 4 rings (SSSR count). The molecule has 0 spiro atoms. The van der Waals surface area contributed by atoms with Gasteiger partial charge in [0.2, 0.25) is 11.8 Å². The molecule has 2 aliphatic rings. The normalized spacial score (nSPS) is 20.6. The molecule has 2 amide bonds. The molecule has 2 aromatic rings. The third-order valence-corrected chi connectivity index (χ3v) is 6.73. The van der Waals surface area contributed by atoms with Crippen molar-refractivity contribution < 1.29 is 18.4 Å². The quantitative estimate of drug-likeness (QED) is 0.517. The Hall–Kier alpha value is -2.07. The minimum absolute atomic E-state index is 0.0261. The number of imidazole rings is 1. The number of hydrogen-bond donors (Lipinski definition) is 2. The van der Waals surface area contributed by atoms with Gasteiger partial charge in [0, 0.05) is 43.0 Å². The Kier molecular flexibility index (Phi) is 5.32. The number of benzene rings is 1. The van der Waals surface area contributed by atoms with Crippen LogP contribution in [0.5, 0.6) is 0 Å². The lowest BCUT2D eigenvalue weighted by molar-refractivity contribution is -0.127. The van der Waals surface area contributed by atoms with Gasteiger partial charge in [0.25, 0.3) is 0 Å². The Morgan fingerprint density at radius 2 is 2.17 bits per heavy atom. The molecule has 1 aromatic carbocycles. The van der Waals surface area contributed by atoms with Crippen molar-refractivity contribution in [3.05, 3.63) is 50.0 Å². The Morgan fingerprint density at radius 3 is 2.86 bits per heavy atom. The Bertz CT molecular complexity index is 1080. The lowest BCUT2D eigenvalue weighted by atomic mass is 9.95. The topological polar surface area (TPSA) is 68.1 Å². The summed E-state index contributed by atoms with van der Waals surface area (Å²) in [5.41, 5.74) is 1.52. The van der Waals surface area contributed by atoms with Crippen LogP contribution in [-0.2, 0) is 36.0 Å². The summed E-state index contributed by atoms with van der Waals surface area (Å²) in [4.78, 5) is 24.2. The Balaban J connectivity index is 1.59. The maximum absolute atomic E-state index is 14.6. The SMILES string of the molecule is Cn1c(CC(=O)NC2CCNC2=O)c2n(c1=S)CC(c1c(F)ccc(Br)c1F)C2. The van der Waals surface area contributed by atoms with Gasteiger partial charge in [-0.2, -0.15) is 0 Å². The highest BCUT2D eigenvalue weighted by molar-refractivity contribution is 9.10. The second-order valence-corrected chi connectivity index (χ2v) is 8.60. The summed E-state index contributed by atoms with van der Waals surface area (Å²) in [6.45, 7) is 0.889. The fourth-order valence-electron chi connectivity index (χ4n) is 4.16. The average Bonchev–Trinajstić information content (AvgIpc) is 3.33. The summed E-state index contributed by atoms with van der Waals surface area (Å²) in [7, 11) is 1.77. The van der Waals surface area contributed by atoms with Crippen molar-refractivity contribution in [3.63, 3.8) is 0 Å². The average molecular weight is 485 g/mol. The summed E-state index contributed by atoms with van der Waals surface area (Å²) in [6, 6.07) is 2.06. The standard InChI is InChI=1S/C19H19BrF2N4O2S/c1-25-13(7-15(27)24-12-4-5-23-18(12)28)14-6-9(8-26(14)19(25)29)16-11(21)3-2-10(20)17(16)22/h2-3,9,12H,4-8H2,1H3,(H,23,28)(H,24,27). The highest BCUT2D eigenvalue weighted by Gasteiger charge is 2.33.